The maximum Gasteiger partial charge on any atom is 0.346 e. The predicted molar refractivity (Wildman–Crippen MR) is 127 cm³/mol. The largest absolute Gasteiger partial charge is 0.493 e. The van der Waals surface area contributed by atoms with Gasteiger partial charge in [-0.15, -0.1) is 0 Å². The molecule has 0 bridgehead atoms. The van der Waals surface area contributed by atoms with Gasteiger partial charge in [0.05, 0.1) is 23.7 Å². The van der Waals surface area contributed by atoms with Gasteiger partial charge in [0.1, 0.15) is 11.5 Å². The first-order valence-electron chi connectivity index (χ1n) is 12.3. The maximum absolute atomic E-state index is 13.6. The maximum atomic E-state index is 13.6. The van der Waals surface area contributed by atoms with Gasteiger partial charge in [-0.25, -0.2) is 9.34 Å². The molecule has 1 saturated carbocycles. The Morgan fingerprint density at radius 2 is 1.81 bits per heavy atom. The quantitative estimate of drug-likeness (QED) is 0.223. The van der Waals surface area contributed by atoms with Crippen molar-refractivity contribution in [3.05, 3.63) is 57.1 Å². The molecule has 0 aromatic heterocycles. The molecular formula is C24H25N4O7P. The molecule has 12 heteroatoms. The van der Waals surface area contributed by atoms with Crippen LogP contribution in [0, 0.1) is 10.1 Å². The Hall–Kier alpha value is -2.98. The zero-order valence-electron chi connectivity index (χ0n) is 19.5. The number of amides is 1. The van der Waals surface area contributed by atoms with Crippen LogP contribution in [0.3, 0.4) is 0 Å². The fraction of sp³-hybridized carbons (Fsp3) is 0.458. The molecule has 3 fully saturated rings. The molecule has 2 saturated heterocycles. The number of nitrogens with zero attached hydrogens (tertiary/aromatic N) is 4. The van der Waals surface area contributed by atoms with Crippen LogP contribution < -0.4 is 9.47 Å². The third kappa shape index (κ3) is 3.78. The first kappa shape index (κ1) is 22.2. The second-order valence-corrected chi connectivity index (χ2v) is 12.2. The van der Waals surface area contributed by atoms with E-state index in [1.807, 2.05) is 20.3 Å². The minimum atomic E-state index is -3.11. The average Bonchev–Trinajstić information content (AvgIpc) is 3.71. The van der Waals surface area contributed by atoms with Gasteiger partial charge in [-0.2, -0.15) is 0 Å². The van der Waals surface area contributed by atoms with E-state index in [-0.39, 0.29) is 17.3 Å². The molecule has 7 rings (SSSR count). The zero-order valence-corrected chi connectivity index (χ0v) is 20.4. The van der Waals surface area contributed by atoms with Gasteiger partial charge in [0.2, 0.25) is 5.75 Å². The third-order valence-electron chi connectivity index (χ3n) is 7.23. The molecule has 4 aliphatic heterocycles. The van der Waals surface area contributed by atoms with Crippen molar-refractivity contribution in [2.24, 2.45) is 0 Å². The summed E-state index contributed by atoms with van der Waals surface area (Å²) >= 11 is 0. The van der Waals surface area contributed by atoms with Crippen LogP contribution >= 0.6 is 7.67 Å². The Morgan fingerprint density at radius 1 is 1.06 bits per heavy atom. The molecule has 1 atom stereocenters. The Labute approximate surface area is 207 Å². The van der Waals surface area contributed by atoms with Gasteiger partial charge >= 0.3 is 13.4 Å². The number of fused-ring (bicyclic) bond motifs is 2. The number of hydrogen-bond acceptors (Lipinski definition) is 7. The summed E-state index contributed by atoms with van der Waals surface area (Å²) in [6.07, 6.45) is 1.98. The number of carbonyl (C=O) groups excluding carboxylic acids is 1. The van der Waals surface area contributed by atoms with E-state index in [1.165, 1.54) is 6.07 Å². The van der Waals surface area contributed by atoms with Crippen molar-refractivity contribution in [2.75, 3.05) is 32.8 Å². The van der Waals surface area contributed by atoms with Crippen molar-refractivity contribution in [3.63, 3.8) is 0 Å². The summed E-state index contributed by atoms with van der Waals surface area (Å²) < 4.78 is 35.2. The molecule has 0 spiro atoms. The highest BCUT2D eigenvalue weighted by atomic mass is 31.2. The molecule has 36 heavy (non-hydrogen) atoms. The average molecular weight is 512 g/mol. The molecule has 188 valence electrons. The highest BCUT2D eigenvalue weighted by Crippen LogP contribution is 2.64. The van der Waals surface area contributed by atoms with Crippen molar-refractivity contribution in [2.45, 2.75) is 38.0 Å². The summed E-state index contributed by atoms with van der Waals surface area (Å²) in [7, 11) is -3.11. The normalized spacial score (nSPS) is 23.2. The van der Waals surface area contributed by atoms with E-state index in [1.54, 1.807) is 18.2 Å². The smallest absolute Gasteiger partial charge is 0.346 e. The van der Waals surface area contributed by atoms with Gasteiger partial charge < -0.3 is 14.4 Å². The molecule has 2 aromatic rings. The van der Waals surface area contributed by atoms with Gasteiger partial charge in [-0.1, -0.05) is 6.07 Å². The van der Waals surface area contributed by atoms with Gasteiger partial charge in [0, 0.05) is 56.3 Å². The van der Waals surface area contributed by atoms with E-state index >= 15 is 0 Å². The molecule has 1 unspecified atom stereocenters. The van der Waals surface area contributed by atoms with Crippen LogP contribution in [0.4, 0.5) is 5.69 Å². The van der Waals surface area contributed by atoms with Crippen LogP contribution in [0.2, 0.25) is 0 Å². The molecule has 1 aliphatic carbocycles. The van der Waals surface area contributed by atoms with Crippen molar-refractivity contribution >= 4 is 19.3 Å². The summed E-state index contributed by atoms with van der Waals surface area (Å²) in [6.45, 7) is 3.81. The second kappa shape index (κ2) is 8.01. The van der Waals surface area contributed by atoms with Gasteiger partial charge in [-0.3, -0.25) is 24.0 Å². The lowest BCUT2D eigenvalue weighted by atomic mass is 10.0. The minimum absolute atomic E-state index is 0.0237. The number of carbonyl (C=O) groups is 1. The van der Waals surface area contributed by atoms with E-state index in [0.29, 0.717) is 48.2 Å². The summed E-state index contributed by atoms with van der Waals surface area (Å²) in [5, 5.41) is 11.9. The Morgan fingerprint density at radius 3 is 2.47 bits per heavy atom. The molecule has 2 aromatic carbocycles. The van der Waals surface area contributed by atoms with Crippen LogP contribution in [0.5, 0.6) is 17.2 Å². The van der Waals surface area contributed by atoms with Gasteiger partial charge in [0.25, 0.3) is 5.91 Å². The molecule has 0 N–H and O–H groups in total. The van der Waals surface area contributed by atoms with E-state index in [4.69, 9.17) is 14.0 Å². The SMILES string of the molecule is O=C1c2cc(Oc3cc4c(cc3[N+](=O)[O-])OCCC4OP(=O)(N3CC3)N3CC3)ccc2CN1C1CC1. The Balaban J connectivity index is 1.21. The summed E-state index contributed by atoms with van der Waals surface area (Å²) in [5.41, 5.74) is 1.83. The standard InChI is InChI=1S/C24H25N4O7P/c29-24-18-11-17(4-1-15(18)14-27(24)16-2-3-16)34-23-12-19-21(5-10-33-22(19)13-20(23)28(30)31)35-36(32,25-6-7-25)26-8-9-26/h1,4,11-13,16,21H,2-3,5-10,14H2. The van der Waals surface area contributed by atoms with Gasteiger partial charge in [0.15, 0.2) is 0 Å². The number of nitro benzene ring substituents is 1. The van der Waals surface area contributed by atoms with Crippen molar-refractivity contribution in [3.8, 4) is 17.2 Å². The first-order valence-corrected chi connectivity index (χ1v) is 13.8. The molecule has 11 nitrogen and oxygen atoms in total. The lowest BCUT2D eigenvalue weighted by molar-refractivity contribution is -0.385. The lowest BCUT2D eigenvalue weighted by Gasteiger charge is -2.30. The third-order valence-corrected chi connectivity index (χ3v) is 9.99. The Kier molecular flexibility index (Phi) is 4.95. The molecule has 5 aliphatic rings. The summed E-state index contributed by atoms with van der Waals surface area (Å²) in [4.78, 5) is 26.1. The van der Waals surface area contributed by atoms with E-state index in [0.717, 1.165) is 44.6 Å². The number of benzene rings is 2. The minimum Gasteiger partial charge on any atom is -0.493 e. The van der Waals surface area contributed by atoms with E-state index in [2.05, 4.69) is 0 Å². The van der Waals surface area contributed by atoms with Crippen LogP contribution in [0.25, 0.3) is 0 Å². The number of rotatable bonds is 8. The van der Waals surface area contributed by atoms with Gasteiger partial charge in [-0.05, 0) is 36.6 Å². The second-order valence-electron chi connectivity index (χ2n) is 9.83. The summed E-state index contributed by atoms with van der Waals surface area (Å²) in [6, 6.07) is 8.43. The fourth-order valence-corrected chi connectivity index (χ4v) is 7.32. The molecule has 4 heterocycles. The highest BCUT2D eigenvalue weighted by Gasteiger charge is 2.51. The van der Waals surface area contributed by atoms with Crippen molar-refractivity contribution in [1.29, 1.82) is 0 Å². The van der Waals surface area contributed by atoms with Crippen molar-refractivity contribution in [1.82, 2.24) is 14.2 Å². The zero-order chi connectivity index (χ0) is 24.6. The highest BCUT2D eigenvalue weighted by molar-refractivity contribution is 7.54. The van der Waals surface area contributed by atoms with Crippen LogP contribution in [-0.2, 0) is 15.6 Å². The monoisotopic (exact) mass is 512 g/mol. The number of hydrogen-bond donors (Lipinski definition) is 0. The van der Waals surface area contributed by atoms with Crippen LogP contribution in [0.15, 0.2) is 30.3 Å². The molecular weight excluding hydrogens is 487 g/mol. The van der Waals surface area contributed by atoms with Crippen molar-refractivity contribution < 1.29 is 28.3 Å². The lowest BCUT2D eigenvalue weighted by Crippen LogP contribution is -2.25. The first-order chi connectivity index (χ1) is 17.4. The molecule has 0 radical (unpaired) electrons. The van der Waals surface area contributed by atoms with E-state index < -0.39 is 18.7 Å². The predicted octanol–water partition coefficient (Wildman–Crippen LogP) is 4.08. The van der Waals surface area contributed by atoms with Crippen LogP contribution in [-0.4, -0.2) is 63.9 Å². The number of nitro groups is 1. The topological polar surface area (TPSA) is 114 Å². The van der Waals surface area contributed by atoms with Crippen LogP contribution in [0.1, 0.15) is 46.9 Å². The number of ether oxygens (including phenoxy) is 2. The summed E-state index contributed by atoms with van der Waals surface area (Å²) in [5.74, 6) is 0.671. The van der Waals surface area contributed by atoms with E-state index in [9.17, 15) is 19.5 Å². The fourth-order valence-electron chi connectivity index (χ4n) is 4.95. The Bertz CT molecular complexity index is 1320. The molecule has 1 amide bonds.